The van der Waals surface area contributed by atoms with Gasteiger partial charge in [0.25, 0.3) is 5.91 Å². The number of rotatable bonds is 5. The first-order valence-corrected chi connectivity index (χ1v) is 8.00. The van der Waals surface area contributed by atoms with Crippen LogP contribution in [0.3, 0.4) is 0 Å². The van der Waals surface area contributed by atoms with Gasteiger partial charge in [0.15, 0.2) is 0 Å². The van der Waals surface area contributed by atoms with E-state index >= 15 is 0 Å². The Balaban J connectivity index is 1.77. The number of anilines is 1. The van der Waals surface area contributed by atoms with Crippen LogP contribution in [0.2, 0.25) is 0 Å². The maximum atomic E-state index is 12.6. The summed E-state index contributed by atoms with van der Waals surface area (Å²) >= 11 is 0. The summed E-state index contributed by atoms with van der Waals surface area (Å²) in [7, 11) is 1.61. The number of ether oxygens (including phenoxy) is 1. The zero-order chi connectivity index (χ0) is 16.9. The molecule has 1 N–H and O–H groups in total. The highest BCUT2D eigenvalue weighted by Gasteiger charge is 2.25. The molecular formula is C19H20N2O3. The molecule has 2 aromatic rings. The largest absolute Gasteiger partial charge is 0.496 e. The Morgan fingerprint density at radius 2 is 1.92 bits per heavy atom. The van der Waals surface area contributed by atoms with Crippen molar-refractivity contribution in [2.75, 3.05) is 18.6 Å². The van der Waals surface area contributed by atoms with Crippen LogP contribution < -0.4 is 15.0 Å². The van der Waals surface area contributed by atoms with Crippen LogP contribution in [0.5, 0.6) is 5.75 Å². The Bertz CT molecular complexity index is 758. The topological polar surface area (TPSA) is 58.6 Å². The molecular weight excluding hydrogens is 304 g/mol. The van der Waals surface area contributed by atoms with E-state index in [1.165, 1.54) is 0 Å². The van der Waals surface area contributed by atoms with E-state index in [0.717, 1.165) is 17.7 Å². The predicted octanol–water partition coefficient (Wildman–Crippen LogP) is 2.75. The minimum Gasteiger partial charge on any atom is -0.496 e. The first kappa shape index (κ1) is 16.1. The van der Waals surface area contributed by atoms with Crippen LogP contribution in [0.15, 0.2) is 48.5 Å². The quantitative estimate of drug-likeness (QED) is 0.920. The molecule has 1 heterocycles. The first-order chi connectivity index (χ1) is 11.7. The smallest absolute Gasteiger partial charge is 0.253 e. The van der Waals surface area contributed by atoms with E-state index in [4.69, 9.17) is 4.74 Å². The summed E-state index contributed by atoms with van der Waals surface area (Å²) < 4.78 is 5.30. The van der Waals surface area contributed by atoms with Gasteiger partial charge in [-0.2, -0.15) is 0 Å². The highest BCUT2D eigenvalue weighted by molar-refractivity contribution is 6.05. The number of hydrogen-bond donors (Lipinski definition) is 1. The normalized spacial score (nSPS) is 13.9. The van der Waals surface area contributed by atoms with E-state index in [1.807, 2.05) is 42.5 Å². The van der Waals surface area contributed by atoms with E-state index in [1.54, 1.807) is 18.1 Å². The van der Waals surface area contributed by atoms with Crippen LogP contribution in [0, 0.1) is 0 Å². The van der Waals surface area contributed by atoms with Gasteiger partial charge in [-0.25, -0.2) is 0 Å². The maximum absolute atomic E-state index is 12.6. The van der Waals surface area contributed by atoms with Gasteiger partial charge in [0.1, 0.15) is 5.75 Å². The van der Waals surface area contributed by atoms with Gasteiger partial charge in [0.05, 0.1) is 18.4 Å². The lowest BCUT2D eigenvalue weighted by atomic mass is 10.1. The fourth-order valence-corrected chi connectivity index (χ4v) is 2.92. The van der Waals surface area contributed by atoms with Crippen LogP contribution in [0.4, 0.5) is 5.69 Å². The number of amides is 2. The molecule has 0 aromatic heterocycles. The lowest BCUT2D eigenvalue weighted by molar-refractivity contribution is -0.117. The Hall–Kier alpha value is -2.82. The van der Waals surface area contributed by atoms with Crippen molar-refractivity contribution in [2.45, 2.75) is 19.4 Å². The van der Waals surface area contributed by atoms with Crippen LogP contribution >= 0.6 is 0 Å². The summed E-state index contributed by atoms with van der Waals surface area (Å²) in [5, 5.41) is 2.91. The summed E-state index contributed by atoms with van der Waals surface area (Å²) in [6, 6.07) is 14.8. The number of para-hydroxylation sites is 2. The summed E-state index contributed by atoms with van der Waals surface area (Å²) in [5.41, 5.74) is 2.10. The van der Waals surface area contributed by atoms with Crippen LogP contribution in [-0.4, -0.2) is 25.5 Å². The van der Waals surface area contributed by atoms with Crippen molar-refractivity contribution in [2.24, 2.45) is 0 Å². The number of benzene rings is 2. The van der Waals surface area contributed by atoms with Gasteiger partial charge < -0.3 is 15.0 Å². The summed E-state index contributed by atoms with van der Waals surface area (Å²) in [4.78, 5) is 26.3. The highest BCUT2D eigenvalue weighted by Crippen LogP contribution is 2.25. The first-order valence-electron chi connectivity index (χ1n) is 8.00. The number of nitrogens with one attached hydrogen (secondary N) is 1. The molecule has 0 aliphatic carbocycles. The van der Waals surface area contributed by atoms with Crippen molar-refractivity contribution in [1.82, 2.24) is 5.32 Å². The molecule has 1 aliphatic rings. The second-order valence-electron chi connectivity index (χ2n) is 5.66. The second kappa shape index (κ2) is 7.17. The van der Waals surface area contributed by atoms with Crippen molar-refractivity contribution in [3.8, 4) is 5.75 Å². The van der Waals surface area contributed by atoms with Gasteiger partial charge in [-0.05, 0) is 24.6 Å². The van der Waals surface area contributed by atoms with Crippen molar-refractivity contribution >= 4 is 17.5 Å². The minimum absolute atomic E-state index is 0.0694. The third-order valence-electron chi connectivity index (χ3n) is 4.14. The summed E-state index contributed by atoms with van der Waals surface area (Å²) in [6.07, 6.45) is 1.37. The molecule has 0 unspecified atom stereocenters. The molecule has 3 rings (SSSR count). The molecule has 0 spiro atoms. The molecule has 24 heavy (non-hydrogen) atoms. The molecule has 2 amide bonds. The summed E-state index contributed by atoms with van der Waals surface area (Å²) in [5.74, 6) is 0.608. The van der Waals surface area contributed by atoms with Gasteiger partial charge in [-0.3, -0.25) is 9.59 Å². The molecule has 0 atom stereocenters. The average molecular weight is 324 g/mol. The van der Waals surface area contributed by atoms with Crippen LogP contribution in [0.25, 0.3) is 0 Å². The van der Waals surface area contributed by atoms with Gasteiger partial charge in [0.2, 0.25) is 5.91 Å². The maximum Gasteiger partial charge on any atom is 0.253 e. The van der Waals surface area contributed by atoms with E-state index in [2.05, 4.69) is 5.32 Å². The molecule has 1 saturated heterocycles. The molecule has 0 bridgehead atoms. The third kappa shape index (κ3) is 3.25. The predicted molar refractivity (Wildman–Crippen MR) is 92.2 cm³/mol. The van der Waals surface area contributed by atoms with Gasteiger partial charge in [-0.1, -0.05) is 30.3 Å². The monoisotopic (exact) mass is 324 g/mol. The number of hydrogen-bond acceptors (Lipinski definition) is 3. The van der Waals surface area contributed by atoms with Crippen molar-refractivity contribution in [3.63, 3.8) is 0 Å². The molecule has 0 saturated carbocycles. The Morgan fingerprint density at radius 1 is 1.17 bits per heavy atom. The fourth-order valence-electron chi connectivity index (χ4n) is 2.92. The van der Waals surface area contributed by atoms with Gasteiger partial charge in [0, 0.05) is 25.1 Å². The number of carbonyl (C=O) groups is 2. The molecule has 1 aliphatic heterocycles. The van der Waals surface area contributed by atoms with E-state index < -0.39 is 0 Å². The standard InChI is InChI=1S/C19H20N2O3/c1-24-17-10-5-2-7-14(17)13-20-19(23)15-8-3-4-9-16(15)21-12-6-11-18(21)22/h2-5,7-10H,6,11-13H2,1H3,(H,20,23). The molecule has 5 nitrogen and oxygen atoms in total. The van der Waals surface area contributed by atoms with E-state index in [0.29, 0.717) is 30.8 Å². The molecule has 1 fully saturated rings. The third-order valence-corrected chi connectivity index (χ3v) is 4.14. The van der Waals surface area contributed by atoms with Crippen molar-refractivity contribution in [3.05, 3.63) is 59.7 Å². The molecule has 2 aromatic carbocycles. The highest BCUT2D eigenvalue weighted by atomic mass is 16.5. The van der Waals surface area contributed by atoms with E-state index in [9.17, 15) is 9.59 Å². The Labute approximate surface area is 141 Å². The fraction of sp³-hybridized carbons (Fsp3) is 0.263. The zero-order valence-electron chi connectivity index (χ0n) is 13.6. The van der Waals surface area contributed by atoms with Gasteiger partial charge in [-0.15, -0.1) is 0 Å². The molecule has 0 radical (unpaired) electrons. The minimum atomic E-state index is -0.198. The Morgan fingerprint density at radius 3 is 2.67 bits per heavy atom. The van der Waals surface area contributed by atoms with Crippen molar-refractivity contribution in [1.29, 1.82) is 0 Å². The molecule has 5 heteroatoms. The SMILES string of the molecule is COc1ccccc1CNC(=O)c1ccccc1N1CCCC1=O. The van der Waals surface area contributed by atoms with E-state index in [-0.39, 0.29) is 11.8 Å². The summed E-state index contributed by atoms with van der Waals surface area (Å²) in [6.45, 7) is 1.03. The number of carbonyl (C=O) groups excluding carboxylic acids is 2. The lowest BCUT2D eigenvalue weighted by Crippen LogP contribution is -2.29. The zero-order valence-corrected chi connectivity index (χ0v) is 13.6. The van der Waals surface area contributed by atoms with Crippen LogP contribution in [0.1, 0.15) is 28.8 Å². The average Bonchev–Trinajstić information content (AvgIpc) is 3.05. The molecule has 124 valence electrons. The lowest BCUT2D eigenvalue weighted by Gasteiger charge is -2.19. The van der Waals surface area contributed by atoms with Crippen molar-refractivity contribution < 1.29 is 14.3 Å². The van der Waals surface area contributed by atoms with Crippen LogP contribution in [-0.2, 0) is 11.3 Å². The Kier molecular flexibility index (Phi) is 4.79. The van der Waals surface area contributed by atoms with Gasteiger partial charge >= 0.3 is 0 Å². The second-order valence-corrected chi connectivity index (χ2v) is 5.66. The number of nitrogens with zero attached hydrogens (tertiary/aromatic N) is 1. The number of methoxy groups -OCH3 is 1.